The minimum absolute atomic E-state index is 0.0434. The van der Waals surface area contributed by atoms with Gasteiger partial charge in [-0.05, 0) is 20.8 Å². The lowest BCUT2D eigenvalue weighted by atomic mass is 10.1. The third-order valence-electron chi connectivity index (χ3n) is 1.20. The van der Waals surface area contributed by atoms with E-state index < -0.39 is 0 Å². The maximum absolute atomic E-state index is 5.28. The van der Waals surface area contributed by atoms with Crippen LogP contribution in [-0.2, 0) is 4.74 Å². The maximum atomic E-state index is 5.28. The number of nitrogens with zero attached hydrogens (tertiary/aromatic N) is 1. The summed E-state index contributed by atoms with van der Waals surface area (Å²) in [7, 11) is 1.64. The van der Waals surface area contributed by atoms with E-state index in [0.29, 0.717) is 19.1 Å². The number of guanidine groups is 1. The van der Waals surface area contributed by atoms with Gasteiger partial charge in [-0.25, -0.2) is 10.8 Å². The molecule has 5 nitrogen and oxygen atoms in total. The molecule has 4 N–H and O–H groups in total. The van der Waals surface area contributed by atoms with Crippen LogP contribution in [0.3, 0.4) is 0 Å². The first-order chi connectivity index (χ1) is 5.99. The third-order valence-corrected chi connectivity index (χ3v) is 1.20. The van der Waals surface area contributed by atoms with Gasteiger partial charge in [0.05, 0.1) is 13.2 Å². The molecule has 0 aliphatic carbocycles. The van der Waals surface area contributed by atoms with Gasteiger partial charge in [-0.3, -0.25) is 5.43 Å². The first-order valence-corrected chi connectivity index (χ1v) is 4.28. The van der Waals surface area contributed by atoms with Crippen LogP contribution in [0.1, 0.15) is 20.8 Å². The van der Waals surface area contributed by atoms with Gasteiger partial charge in [-0.1, -0.05) is 0 Å². The molecular formula is C8H20N4O. The van der Waals surface area contributed by atoms with Crippen LogP contribution >= 0.6 is 0 Å². The Labute approximate surface area is 79.7 Å². The number of hydrogen-bond acceptors (Lipinski definition) is 3. The van der Waals surface area contributed by atoms with Gasteiger partial charge in [0, 0.05) is 12.6 Å². The molecule has 0 saturated carbocycles. The van der Waals surface area contributed by atoms with Gasteiger partial charge in [0.1, 0.15) is 0 Å². The molecule has 0 aliphatic heterocycles. The van der Waals surface area contributed by atoms with Crippen LogP contribution in [0.15, 0.2) is 4.99 Å². The molecule has 78 valence electrons. The van der Waals surface area contributed by atoms with Crippen LogP contribution in [0.5, 0.6) is 0 Å². The van der Waals surface area contributed by atoms with E-state index in [1.165, 1.54) is 0 Å². The lowest BCUT2D eigenvalue weighted by molar-refractivity contribution is 0.207. The van der Waals surface area contributed by atoms with E-state index in [-0.39, 0.29) is 5.54 Å². The predicted octanol–water partition coefficient (Wildman–Crippen LogP) is -0.160. The number of hydrogen-bond donors (Lipinski definition) is 3. The first kappa shape index (κ1) is 12.2. The molecule has 0 bridgehead atoms. The van der Waals surface area contributed by atoms with Crippen molar-refractivity contribution in [1.82, 2.24) is 10.7 Å². The highest BCUT2D eigenvalue weighted by atomic mass is 16.5. The SMILES string of the molecule is COCCN=C(NN)NC(C)(C)C. The van der Waals surface area contributed by atoms with Crippen LogP contribution in [0.4, 0.5) is 0 Å². The maximum Gasteiger partial charge on any atom is 0.206 e. The molecule has 5 heteroatoms. The molecule has 0 fully saturated rings. The van der Waals surface area contributed by atoms with Gasteiger partial charge in [0.25, 0.3) is 0 Å². The van der Waals surface area contributed by atoms with E-state index in [9.17, 15) is 0 Å². The van der Waals surface area contributed by atoms with Crippen LogP contribution in [0, 0.1) is 0 Å². The van der Waals surface area contributed by atoms with Gasteiger partial charge in [0.2, 0.25) is 5.96 Å². The number of ether oxygens (including phenoxy) is 1. The Hall–Kier alpha value is -0.810. The minimum atomic E-state index is -0.0434. The summed E-state index contributed by atoms with van der Waals surface area (Å²) in [4.78, 5) is 4.16. The second-order valence-corrected chi connectivity index (χ2v) is 3.74. The van der Waals surface area contributed by atoms with E-state index in [1.807, 2.05) is 20.8 Å². The van der Waals surface area contributed by atoms with Crippen LogP contribution in [-0.4, -0.2) is 31.8 Å². The van der Waals surface area contributed by atoms with Crippen molar-refractivity contribution in [2.45, 2.75) is 26.3 Å². The minimum Gasteiger partial charge on any atom is -0.383 e. The quantitative estimate of drug-likeness (QED) is 0.189. The van der Waals surface area contributed by atoms with Crippen molar-refractivity contribution < 1.29 is 4.74 Å². The zero-order chi connectivity index (χ0) is 10.3. The van der Waals surface area contributed by atoms with E-state index >= 15 is 0 Å². The fourth-order valence-electron chi connectivity index (χ4n) is 0.725. The largest absolute Gasteiger partial charge is 0.383 e. The molecule has 0 radical (unpaired) electrons. The zero-order valence-corrected chi connectivity index (χ0v) is 8.85. The molecule has 0 atom stereocenters. The number of rotatable bonds is 3. The van der Waals surface area contributed by atoms with Crippen molar-refractivity contribution in [2.75, 3.05) is 20.3 Å². The predicted molar refractivity (Wildman–Crippen MR) is 54.4 cm³/mol. The van der Waals surface area contributed by atoms with Crippen LogP contribution in [0.2, 0.25) is 0 Å². The Balaban J connectivity index is 3.94. The summed E-state index contributed by atoms with van der Waals surface area (Å²) in [5.41, 5.74) is 2.46. The molecule has 0 aromatic carbocycles. The lowest BCUT2D eigenvalue weighted by Gasteiger charge is -2.22. The van der Waals surface area contributed by atoms with Crippen molar-refractivity contribution in [1.29, 1.82) is 0 Å². The number of hydrazine groups is 1. The van der Waals surface area contributed by atoms with E-state index in [0.717, 1.165) is 0 Å². The Morgan fingerprint density at radius 3 is 2.46 bits per heavy atom. The highest BCUT2D eigenvalue weighted by Gasteiger charge is 2.10. The van der Waals surface area contributed by atoms with E-state index in [4.69, 9.17) is 10.6 Å². The molecule has 0 aliphatic rings. The summed E-state index contributed by atoms with van der Waals surface area (Å²) in [5, 5.41) is 3.12. The van der Waals surface area contributed by atoms with Gasteiger partial charge < -0.3 is 10.1 Å². The molecule has 0 unspecified atom stereocenters. The number of nitrogens with two attached hydrogens (primary N) is 1. The summed E-state index contributed by atoms with van der Waals surface area (Å²) < 4.78 is 4.86. The fourth-order valence-corrected chi connectivity index (χ4v) is 0.725. The van der Waals surface area contributed by atoms with E-state index in [2.05, 4.69) is 15.7 Å². The lowest BCUT2D eigenvalue weighted by Crippen LogP contribution is -2.50. The smallest absolute Gasteiger partial charge is 0.206 e. The number of methoxy groups -OCH3 is 1. The first-order valence-electron chi connectivity index (χ1n) is 4.28. The zero-order valence-electron chi connectivity index (χ0n) is 8.85. The average molecular weight is 188 g/mol. The standard InChI is InChI=1S/C8H20N4O/c1-8(2,3)11-7(12-9)10-5-6-13-4/h5-6,9H2,1-4H3,(H2,10,11,12). The Morgan fingerprint density at radius 1 is 1.46 bits per heavy atom. The molecule has 0 amide bonds. The Morgan fingerprint density at radius 2 is 2.08 bits per heavy atom. The van der Waals surface area contributed by atoms with Crippen LogP contribution < -0.4 is 16.6 Å². The topological polar surface area (TPSA) is 71.7 Å². The second kappa shape index (κ2) is 5.77. The highest BCUT2D eigenvalue weighted by Crippen LogP contribution is 1.97. The van der Waals surface area contributed by atoms with Gasteiger partial charge >= 0.3 is 0 Å². The molecule has 13 heavy (non-hydrogen) atoms. The second-order valence-electron chi connectivity index (χ2n) is 3.74. The molecular weight excluding hydrogens is 168 g/mol. The van der Waals surface area contributed by atoms with Crippen molar-refractivity contribution in [3.63, 3.8) is 0 Å². The van der Waals surface area contributed by atoms with Crippen molar-refractivity contribution in [2.24, 2.45) is 10.8 Å². The summed E-state index contributed by atoms with van der Waals surface area (Å²) in [6, 6.07) is 0. The van der Waals surface area contributed by atoms with Gasteiger partial charge in [0.15, 0.2) is 0 Å². The Bertz CT molecular complexity index is 162. The average Bonchev–Trinajstić information content (AvgIpc) is 2.01. The van der Waals surface area contributed by atoms with Crippen molar-refractivity contribution >= 4 is 5.96 Å². The summed E-state index contributed by atoms with van der Waals surface area (Å²) >= 11 is 0. The molecule has 0 heterocycles. The monoisotopic (exact) mass is 188 g/mol. The summed E-state index contributed by atoms with van der Waals surface area (Å²) in [5.74, 6) is 5.87. The summed E-state index contributed by atoms with van der Waals surface area (Å²) in [6.07, 6.45) is 0. The Kier molecular flexibility index (Phi) is 5.41. The van der Waals surface area contributed by atoms with Crippen molar-refractivity contribution in [3.05, 3.63) is 0 Å². The highest BCUT2D eigenvalue weighted by molar-refractivity contribution is 5.79. The normalized spacial score (nSPS) is 12.8. The van der Waals surface area contributed by atoms with Gasteiger partial charge in [-0.2, -0.15) is 0 Å². The molecule has 0 spiro atoms. The van der Waals surface area contributed by atoms with E-state index in [1.54, 1.807) is 7.11 Å². The third kappa shape index (κ3) is 7.55. The van der Waals surface area contributed by atoms with Crippen molar-refractivity contribution in [3.8, 4) is 0 Å². The molecule has 0 rings (SSSR count). The molecule has 0 aromatic heterocycles. The molecule has 0 aromatic rings. The number of aliphatic imine (C=N–C) groups is 1. The fraction of sp³-hybridized carbons (Fsp3) is 0.875. The molecule has 0 saturated heterocycles. The number of nitrogens with one attached hydrogen (secondary N) is 2. The van der Waals surface area contributed by atoms with Crippen LogP contribution in [0.25, 0.3) is 0 Å². The van der Waals surface area contributed by atoms with Gasteiger partial charge in [-0.15, -0.1) is 0 Å². The summed E-state index contributed by atoms with van der Waals surface area (Å²) in [6.45, 7) is 7.30.